The molecule has 0 heterocycles. The SMILES string of the molecule is C=CC(=O)OCCN(CC)c1ccc(N=Nc2ccc(N=Nc3ccc(OCCCCCCCCCOC(=O)CC)cc3)cc2)c(C)c1. The summed E-state index contributed by atoms with van der Waals surface area (Å²) < 4.78 is 16.1. The maximum atomic E-state index is 11.3. The fourth-order valence-corrected chi connectivity index (χ4v) is 4.72. The Morgan fingerprint density at radius 3 is 1.83 bits per heavy atom. The molecule has 0 radical (unpaired) electrons. The Morgan fingerprint density at radius 2 is 1.27 bits per heavy atom. The Morgan fingerprint density at radius 1 is 0.708 bits per heavy atom. The van der Waals surface area contributed by atoms with Crippen LogP contribution in [0.15, 0.2) is 99.8 Å². The lowest BCUT2D eigenvalue weighted by atomic mass is 10.1. The number of unbranched alkanes of at least 4 members (excludes halogenated alkanes) is 6. The number of likely N-dealkylation sites (N-methyl/N-ethyl adjacent to an activating group) is 1. The molecule has 0 bridgehead atoms. The Labute approximate surface area is 284 Å². The summed E-state index contributed by atoms with van der Waals surface area (Å²) in [6.07, 6.45) is 9.38. The number of hydrogen-bond donors (Lipinski definition) is 0. The number of aryl methyl sites for hydroxylation is 1. The van der Waals surface area contributed by atoms with Gasteiger partial charge in [0.2, 0.25) is 0 Å². The predicted octanol–water partition coefficient (Wildman–Crippen LogP) is 10.4. The minimum absolute atomic E-state index is 0.115. The zero-order valence-corrected chi connectivity index (χ0v) is 28.6. The molecule has 10 heteroatoms. The summed E-state index contributed by atoms with van der Waals surface area (Å²) in [4.78, 5) is 24.6. The molecule has 0 N–H and O–H groups in total. The molecule has 3 aromatic carbocycles. The molecule has 0 fully saturated rings. The summed E-state index contributed by atoms with van der Waals surface area (Å²) in [6.45, 7) is 12.2. The monoisotopic (exact) mass is 655 g/mol. The van der Waals surface area contributed by atoms with Crippen molar-refractivity contribution in [2.75, 3.05) is 37.8 Å². The first-order valence-electron chi connectivity index (χ1n) is 16.9. The summed E-state index contributed by atoms with van der Waals surface area (Å²) in [6, 6.07) is 21.0. The molecule has 10 nitrogen and oxygen atoms in total. The number of nitrogens with zero attached hydrogens (tertiary/aromatic N) is 5. The van der Waals surface area contributed by atoms with Crippen LogP contribution in [0.2, 0.25) is 0 Å². The molecule has 0 amide bonds. The molecular weight excluding hydrogens is 606 g/mol. The second-order valence-corrected chi connectivity index (χ2v) is 11.2. The van der Waals surface area contributed by atoms with Gasteiger partial charge in [0.05, 0.1) is 42.5 Å². The molecule has 0 aromatic heterocycles. The minimum atomic E-state index is -0.419. The fraction of sp³-hybridized carbons (Fsp3) is 0.421. The van der Waals surface area contributed by atoms with Crippen LogP contribution in [0.3, 0.4) is 0 Å². The molecule has 48 heavy (non-hydrogen) atoms. The highest BCUT2D eigenvalue weighted by molar-refractivity contribution is 5.81. The van der Waals surface area contributed by atoms with Gasteiger partial charge < -0.3 is 19.1 Å². The molecule has 3 aromatic rings. The first-order chi connectivity index (χ1) is 23.4. The van der Waals surface area contributed by atoms with E-state index >= 15 is 0 Å². The molecular formula is C38H49N5O5. The van der Waals surface area contributed by atoms with E-state index in [9.17, 15) is 9.59 Å². The summed E-state index contributed by atoms with van der Waals surface area (Å²) in [5.41, 5.74) is 4.97. The van der Waals surface area contributed by atoms with Crippen molar-refractivity contribution >= 4 is 40.4 Å². The zero-order valence-electron chi connectivity index (χ0n) is 28.6. The molecule has 0 aliphatic heterocycles. The van der Waals surface area contributed by atoms with Crippen molar-refractivity contribution in [3.63, 3.8) is 0 Å². The van der Waals surface area contributed by atoms with Gasteiger partial charge in [-0.05, 0) is 99.0 Å². The largest absolute Gasteiger partial charge is 0.494 e. The Kier molecular flexibility index (Phi) is 17.1. The van der Waals surface area contributed by atoms with Gasteiger partial charge in [-0.25, -0.2) is 4.79 Å². The third-order valence-corrected chi connectivity index (χ3v) is 7.55. The number of benzene rings is 3. The minimum Gasteiger partial charge on any atom is -0.494 e. The lowest BCUT2D eigenvalue weighted by Crippen LogP contribution is -2.27. The molecule has 0 aliphatic carbocycles. The topological polar surface area (TPSA) is 115 Å². The van der Waals surface area contributed by atoms with E-state index in [1.165, 1.54) is 25.3 Å². The smallest absolute Gasteiger partial charge is 0.330 e. The van der Waals surface area contributed by atoms with E-state index in [4.69, 9.17) is 14.2 Å². The molecule has 0 unspecified atom stereocenters. The van der Waals surface area contributed by atoms with Crippen LogP contribution in [0.1, 0.15) is 70.8 Å². The molecule has 0 aliphatic rings. The summed E-state index contributed by atoms with van der Waals surface area (Å²) >= 11 is 0. The van der Waals surface area contributed by atoms with Crippen LogP contribution in [-0.2, 0) is 19.1 Å². The summed E-state index contributed by atoms with van der Waals surface area (Å²) in [5.74, 6) is 0.290. The van der Waals surface area contributed by atoms with Crippen molar-refractivity contribution in [2.24, 2.45) is 20.5 Å². The van der Waals surface area contributed by atoms with Crippen LogP contribution in [0, 0.1) is 6.92 Å². The van der Waals surface area contributed by atoms with Crippen molar-refractivity contribution in [1.82, 2.24) is 0 Å². The second-order valence-electron chi connectivity index (χ2n) is 11.2. The van der Waals surface area contributed by atoms with E-state index in [0.717, 1.165) is 60.6 Å². The van der Waals surface area contributed by atoms with Crippen LogP contribution in [-0.4, -0.2) is 44.8 Å². The standard InChI is InChI=1S/C38H49N5O5/c1-5-37(44)47-27-14-12-10-8-9-11-13-26-46-35-22-19-33(20-23-35)40-39-31-15-17-32(18-16-31)41-42-36-24-21-34(29-30(36)4)43(7-3)25-28-48-38(45)6-2/h6,15-24,29H,2,5,7-14,25-28H2,1,3-4H3. The molecule has 0 spiro atoms. The van der Waals surface area contributed by atoms with E-state index < -0.39 is 5.97 Å². The Hall–Kier alpha value is -4.86. The van der Waals surface area contributed by atoms with Crippen molar-refractivity contribution in [2.45, 2.75) is 72.1 Å². The average Bonchev–Trinajstić information content (AvgIpc) is 3.11. The maximum absolute atomic E-state index is 11.3. The number of esters is 2. The number of rotatable bonds is 22. The van der Waals surface area contributed by atoms with Gasteiger partial charge in [0.25, 0.3) is 0 Å². The third-order valence-electron chi connectivity index (χ3n) is 7.55. The van der Waals surface area contributed by atoms with Crippen LogP contribution in [0.4, 0.5) is 28.4 Å². The Balaban J connectivity index is 1.36. The van der Waals surface area contributed by atoms with E-state index in [1.807, 2.05) is 74.5 Å². The van der Waals surface area contributed by atoms with Crippen molar-refractivity contribution in [3.8, 4) is 5.75 Å². The molecule has 0 saturated carbocycles. The normalized spacial score (nSPS) is 11.1. The zero-order chi connectivity index (χ0) is 34.4. The highest BCUT2D eigenvalue weighted by Gasteiger charge is 2.08. The summed E-state index contributed by atoms with van der Waals surface area (Å²) in [5, 5.41) is 17.5. The number of carbonyl (C=O) groups is 2. The second kappa shape index (κ2) is 21.8. The first kappa shape index (κ1) is 37.6. The number of ether oxygens (including phenoxy) is 3. The molecule has 0 saturated heterocycles. The van der Waals surface area contributed by atoms with Gasteiger partial charge in [-0.15, -0.1) is 0 Å². The van der Waals surface area contributed by atoms with Crippen molar-refractivity contribution in [1.29, 1.82) is 0 Å². The fourth-order valence-electron chi connectivity index (χ4n) is 4.72. The maximum Gasteiger partial charge on any atom is 0.330 e. The van der Waals surface area contributed by atoms with Gasteiger partial charge in [0.15, 0.2) is 0 Å². The lowest BCUT2D eigenvalue weighted by molar-refractivity contribution is -0.143. The average molecular weight is 656 g/mol. The first-order valence-corrected chi connectivity index (χ1v) is 16.9. The quantitative estimate of drug-likeness (QED) is 0.0460. The number of hydrogen-bond acceptors (Lipinski definition) is 10. The number of azo groups is 2. The summed E-state index contributed by atoms with van der Waals surface area (Å²) in [7, 11) is 0. The van der Waals surface area contributed by atoms with Gasteiger partial charge >= 0.3 is 11.9 Å². The van der Waals surface area contributed by atoms with Gasteiger partial charge in [0.1, 0.15) is 12.4 Å². The van der Waals surface area contributed by atoms with Crippen LogP contribution >= 0.6 is 0 Å². The highest BCUT2D eigenvalue weighted by atomic mass is 16.5. The number of anilines is 1. The van der Waals surface area contributed by atoms with E-state index in [2.05, 4.69) is 44.9 Å². The van der Waals surface area contributed by atoms with Gasteiger partial charge in [-0.3, -0.25) is 4.79 Å². The molecule has 3 rings (SSSR count). The Bertz CT molecular complexity index is 1470. The third kappa shape index (κ3) is 14.3. The lowest BCUT2D eigenvalue weighted by Gasteiger charge is -2.23. The molecule has 0 atom stereocenters. The highest BCUT2D eigenvalue weighted by Crippen LogP contribution is 2.28. The predicted molar refractivity (Wildman–Crippen MR) is 191 cm³/mol. The number of carbonyl (C=O) groups excluding carboxylic acids is 2. The van der Waals surface area contributed by atoms with Crippen LogP contribution in [0.5, 0.6) is 5.75 Å². The van der Waals surface area contributed by atoms with Gasteiger partial charge in [-0.1, -0.05) is 45.6 Å². The van der Waals surface area contributed by atoms with Crippen molar-refractivity contribution < 1.29 is 23.8 Å². The van der Waals surface area contributed by atoms with E-state index in [0.29, 0.717) is 44.2 Å². The van der Waals surface area contributed by atoms with Crippen molar-refractivity contribution in [3.05, 3.63) is 84.9 Å². The van der Waals surface area contributed by atoms with Crippen LogP contribution < -0.4 is 9.64 Å². The molecule has 256 valence electrons. The van der Waals surface area contributed by atoms with E-state index in [1.54, 1.807) is 0 Å². The van der Waals surface area contributed by atoms with Gasteiger partial charge in [-0.2, -0.15) is 20.5 Å². The van der Waals surface area contributed by atoms with Gasteiger partial charge in [0, 0.05) is 24.7 Å². The van der Waals surface area contributed by atoms with Crippen LogP contribution in [0.25, 0.3) is 0 Å². The van der Waals surface area contributed by atoms with E-state index in [-0.39, 0.29) is 5.97 Å².